The van der Waals surface area contributed by atoms with Gasteiger partial charge in [0.05, 0.1) is 13.1 Å². The van der Waals surface area contributed by atoms with Crippen molar-refractivity contribution in [2.75, 3.05) is 18.4 Å². The Labute approximate surface area is 156 Å². The van der Waals surface area contributed by atoms with Crippen molar-refractivity contribution in [1.29, 1.82) is 0 Å². The lowest BCUT2D eigenvalue weighted by molar-refractivity contribution is -0.141. The first kappa shape index (κ1) is 21.7. The summed E-state index contributed by atoms with van der Waals surface area (Å²) in [5.74, 6) is -0.721. The summed E-state index contributed by atoms with van der Waals surface area (Å²) in [6.07, 6.45) is 1.50. The van der Waals surface area contributed by atoms with Gasteiger partial charge in [0.1, 0.15) is 0 Å². The molecule has 0 saturated carbocycles. The van der Waals surface area contributed by atoms with E-state index in [-0.39, 0.29) is 42.8 Å². The summed E-state index contributed by atoms with van der Waals surface area (Å²) in [5, 5.41) is 5.31. The molecule has 0 bridgehead atoms. The lowest BCUT2D eigenvalue weighted by atomic mass is 10.0. The van der Waals surface area contributed by atoms with Gasteiger partial charge >= 0.3 is 0 Å². The Morgan fingerprint density at radius 3 is 2.08 bits per heavy atom. The maximum atomic E-state index is 12.6. The van der Waals surface area contributed by atoms with Crippen LogP contribution in [0.4, 0.5) is 5.69 Å². The highest BCUT2D eigenvalue weighted by Gasteiger charge is 2.25. The van der Waals surface area contributed by atoms with Crippen LogP contribution >= 0.6 is 0 Å². The molecule has 26 heavy (non-hydrogen) atoms. The second-order valence-corrected chi connectivity index (χ2v) is 6.76. The molecule has 0 spiro atoms. The highest BCUT2D eigenvalue weighted by atomic mass is 16.2. The molecule has 0 heterocycles. The van der Waals surface area contributed by atoms with E-state index in [4.69, 9.17) is 0 Å². The average Bonchev–Trinajstić information content (AvgIpc) is 2.60. The fourth-order valence-electron chi connectivity index (χ4n) is 2.62. The van der Waals surface area contributed by atoms with Gasteiger partial charge in [-0.2, -0.15) is 0 Å². The maximum Gasteiger partial charge on any atom is 0.243 e. The van der Waals surface area contributed by atoms with Crippen LogP contribution in [0.25, 0.3) is 0 Å². The second-order valence-electron chi connectivity index (χ2n) is 6.76. The second kappa shape index (κ2) is 10.6. The molecule has 1 aromatic rings. The molecule has 0 saturated heterocycles. The fourth-order valence-corrected chi connectivity index (χ4v) is 2.62. The number of amides is 3. The minimum absolute atomic E-state index is 0.00995. The van der Waals surface area contributed by atoms with Crippen molar-refractivity contribution < 1.29 is 14.4 Å². The van der Waals surface area contributed by atoms with E-state index in [9.17, 15) is 14.4 Å². The Kier molecular flexibility index (Phi) is 8.82. The summed E-state index contributed by atoms with van der Waals surface area (Å²) < 4.78 is 0. The number of hydrogen-bond acceptors (Lipinski definition) is 3. The molecule has 0 aliphatic carbocycles. The number of anilines is 1. The maximum absolute atomic E-state index is 12.6. The van der Waals surface area contributed by atoms with E-state index in [0.29, 0.717) is 5.69 Å². The molecule has 3 amide bonds. The molecule has 0 aliphatic heterocycles. The van der Waals surface area contributed by atoms with Crippen molar-refractivity contribution in [3.63, 3.8) is 0 Å². The van der Waals surface area contributed by atoms with Crippen LogP contribution < -0.4 is 10.6 Å². The summed E-state index contributed by atoms with van der Waals surface area (Å²) in [6, 6.07) is 7.35. The van der Waals surface area contributed by atoms with Gasteiger partial charge in [0.2, 0.25) is 17.7 Å². The van der Waals surface area contributed by atoms with E-state index in [1.165, 1.54) is 0 Å². The number of carbonyl (C=O) groups is 3. The third-order valence-corrected chi connectivity index (χ3v) is 4.34. The summed E-state index contributed by atoms with van der Waals surface area (Å²) in [4.78, 5) is 38.3. The van der Waals surface area contributed by atoms with Crippen molar-refractivity contribution >= 4 is 23.4 Å². The SMILES string of the molecule is CCC(CC)C(=O)N(CC(=O)NCC(=O)Nc1ccc(C)cc1)C(C)C. The molecule has 0 aliphatic rings. The molecule has 144 valence electrons. The number of hydrogen-bond donors (Lipinski definition) is 2. The van der Waals surface area contributed by atoms with Gasteiger partial charge in [-0.05, 0) is 45.7 Å². The minimum atomic E-state index is -0.336. The molecule has 1 aromatic carbocycles. The van der Waals surface area contributed by atoms with Crippen molar-refractivity contribution in [3.8, 4) is 0 Å². The van der Waals surface area contributed by atoms with Gasteiger partial charge in [-0.25, -0.2) is 0 Å². The van der Waals surface area contributed by atoms with Crippen molar-refractivity contribution in [2.45, 2.75) is 53.5 Å². The third-order valence-electron chi connectivity index (χ3n) is 4.34. The van der Waals surface area contributed by atoms with E-state index in [1.54, 1.807) is 4.90 Å². The van der Waals surface area contributed by atoms with Crippen molar-refractivity contribution in [2.24, 2.45) is 5.92 Å². The zero-order valence-electron chi connectivity index (χ0n) is 16.5. The molecule has 2 N–H and O–H groups in total. The van der Waals surface area contributed by atoms with Gasteiger partial charge in [-0.1, -0.05) is 31.5 Å². The number of benzene rings is 1. The van der Waals surface area contributed by atoms with E-state index < -0.39 is 0 Å². The predicted octanol–water partition coefficient (Wildman–Crippen LogP) is 2.72. The quantitative estimate of drug-likeness (QED) is 0.710. The van der Waals surface area contributed by atoms with Crippen LogP contribution in [0.1, 0.15) is 46.1 Å². The highest BCUT2D eigenvalue weighted by Crippen LogP contribution is 2.14. The van der Waals surface area contributed by atoms with Crippen LogP contribution in [0.2, 0.25) is 0 Å². The number of rotatable bonds is 9. The standard InChI is InChI=1S/C20H31N3O3/c1-6-16(7-2)20(26)23(14(3)4)13-19(25)21-12-18(24)22-17-10-8-15(5)9-11-17/h8-11,14,16H,6-7,12-13H2,1-5H3,(H,21,25)(H,22,24). The first-order valence-corrected chi connectivity index (χ1v) is 9.22. The Hall–Kier alpha value is -2.37. The molecule has 0 atom stereocenters. The lowest BCUT2D eigenvalue weighted by Gasteiger charge is -2.29. The van der Waals surface area contributed by atoms with Crippen molar-refractivity contribution in [1.82, 2.24) is 10.2 Å². The molecular formula is C20H31N3O3. The van der Waals surface area contributed by atoms with Gasteiger partial charge in [0.25, 0.3) is 0 Å². The normalized spacial score (nSPS) is 10.7. The topological polar surface area (TPSA) is 78.5 Å². The summed E-state index contributed by atoms with van der Waals surface area (Å²) >= 11 is 0. The van der Waals surface area contributed by atoms with Crippen LogP contribution in [0.15, 0.2) is 24.3 Å². The number of carbonyl (C=O) groups excluding carboxylic acids is 3. The summed E-state index contributed by atoms with van der Waals surface area (Å²) in [5.41, 5.74) is 1.79. The molecule has 0 fully saturated rings. The van der Waals surface area contributed by atoms with E-state index >= 15 is 0 Å². The van der Waals surface area contributed by atoms with Crippen LogP contribution in [0.5, 0.6) is 0 Å². The van der Waals surface area contributed by atoms with Gasteiger partial charge < -0.3 is 15.5 Å². The first-order chi connectivity index (χ1) is 12.3. The van der Waals surface area contributed by atoms with Crippen LogP contribution in [-0.2, 0) is 14.4 Å². The number of nitrogens with zero attached hydrogens (tertiary/aromatic N) is 1. The lowest BCUT2D eigenvalue weighted by Crippen LogP contribution is -2.47. The largest absolute Gasteiger partial charge is 0.345 e. The number of aryl methyl sites for hydroxylation is 1. The molecule has 1 rings (SSSR count). The van der Waals surface area contributed by atoms with Crippen molar-refractivity contribution in [3.05, 3.63) is 29.8 Å². The predicted molar refractivity (Wildman–Crippen MR) is 104 cm³/mol. The third kappa shape index (κ3) is 6.86. The molecule has 6 nitrogen and oxygen atoms in total. The molecular weight excluding hydrogens is 330 g/mol. The van der Waals surface area contributed by atoms with Gasteiger partial charge in [0, 0.05) is 17.6 Å². The molecule has 0 unspecified atom stereocenters. The smallest absolute Gasteiger partial charge is 0.243 e. The van der Waals surface area contributed by atoms with Crippen LogP contribution in [-0.4, -0.2) is 41.8 Å². The van der Waals surface area contributed by atoms with E-state index in [1.807, 2.05) is 58.9 Å². The monoisotopic (exact) mass is 361 g/mol. The van der Waals surface area contributed by atoms with Crippen LogP contribution in [0.3, 0.4) is 0 Å². The van der Waals surface area contributed by atoms with Gasteiger partial charge in [0.15, 0.2) is 0 Å². The summed E-state index contributed by atoms with van der Waals surface area (Å²) in [7, 11) is 0. The Morgan fingerprint density at radius 1 is 1.00 bits per heavy atom. The molecule has 0 aromatic heterocycles. The van der Waals surface area contributed by atoms with Gasteiger partial charge in [-0.3, -0.25) is 14.4 Å². The van der Waals surface area contributed by atoms with E-state index in [0.717, 1.165) is 18.4 Å². The average molecular weight is 361 g/mol. The van der Waals surface area contributed by atoms with Gasteiger partial charge in [-0.15, -0.1) is 0 Å². The molecule has 6 heteroatoms. The van der Waals surface area contributed by atoms with Crippen LogP contribution in [0, 0.1) is 12.8 Å². The zero-order chi connectivity index (χ0) is 19.7. The number of nitrogens with one attached hydrogen (secondary N) is 2. The zero-order valence-corrected chi connectivity index (χ0v) is 16.5. The first-order valence-electron chi connectivity index (χ1n) is 9.22. The highest BCUT2D eigenvalue weighted by molar-refractivity contribution is 5.95. The Bertz CT molecular complexity index is 607. The Morgan fingerprint density at radius 2 is 1.58 bits per heavy atom. The molecule has 0 radical (unpaired) electrons. The summed E-state index contributed by atoms with van der Waals surface area (Å²) in [6.45, 7) is 9.52. The fraction of sp³-hybridized carbons (Fsp3) is 0.550. The van der Waals surface area contributed by atoms with E-state index in [2.05, 4.69) is 10.6 Å². The minimum Gasteiger partial charge on any atom is -0.345 e. The Balaban J connectivity index is 2.53.